The molecule has 124 valence electrons. The molecule has 0 aliphatic rings. The molecule has 1 atom stereocenters. The SMILES string of the molecule is CC(CN)(CCC[Si](C)(C)C)NC(=O)OCc1ccccc1. The highest BCUT2D eigenvalue weighted by molar-refractivity contribution is 6.76. The lowest BCUT2D eigenvalue weighted by Crippen LogP contribution is -2.51. The number of ether oxygens (including phenoxy) is 1. The molecule has 4 nitrogen and oxygen atoms in total. The monoisotopic (exact) mass is 322 g/mol. The fourth-order valence-corrected chi connectivity index (χ4v) is 3.47. The van der Waals surface area contributed by atoms with Crippen molar-refractivity contribution in [2.45, 2.75) is 57.6 Å². The highest BCUT2D eigenvalue weighted by atomic mass is 28.3. The standard InChI is InChI=1S/C17H30N2O2Si/c1-17(14-18,11-8-12-22(2,3)4)19-16(20)21-13-15-9-6-5-7-10-15/h5-7,9-10H,8,11-14,18H2,1-4H3,(H,19,20). The lowest BCUT2D eigenvalue weighted by atomic mass is 9.97. The Kier molecular flexibility index (Phi) is 7.09. The van der Waals surface area contributed by atoms with E-state index in [0.29, 0.717) is 6.54 Å². The van der Waals surface area contributed by atoms with Gasteiger partial charge in [0.05, 0.1) is 5.54 Å². The fraction of sp³-hybridized carbons (Fsp3) is 0.588. The number of benzene rings is 1. The Morgan fingerprint density at radius 2 is 1.91 bits per heavy atom. The molecular weight excluding hydrogens is 292 g/mol. The first-order valence-corrected chi connectivity index (χ1v) is 11.6. The summed E-state index contributed by atoms with van der Waals surface area (Å²) in [5, 5.41) is 2.93. The number of carbonyl (C=O) groups is 1. The van der Waals surface area contributed by atoms with Crippen LogP contribution in [-0.4, -0.2) is 26.3 Å². The number of alkyl carbamates (subject to hydrolysis) is 1. The summed E-state index contributed by atoms with van der Waals surface area (Å²) in [4.78, 5) is 12.0. The van der Waals surface area contributed by atoms with E-state index in [9.17, 15) is 4.79 Å². The zero-order valence-electron chi connectivity index (χ0n) is 14.3. The largest absolute Gasteiger partial charge is 0.445 e. The molecule has 1 unspecified atom stereocenters. The summed E-state index contributed by atoms with van der Waals surface area (Å²) in [5.74, 6) is 0. The Balaban J connectivity index is 2.41. The van der Waals surface area contributed by atoms with Crippen molar-refractivity contribution in [3.05, 3.63) is 35.9 Å². The number of hydrogen-bond donors (Lipinski definition) is 2. The van der Waals surface area contributed by atoms with Crippen LogP contribution in [-0.2, 0) is 11.3 Å². The van der Waals surface area contributed by atoms with E-state index < -0.39 is 19.7 Å². The summed E-state index contributed by atoms with van der Waals surface area (Å²) in [6.07, 6.45) is 1.57. The molecule has 1 aromatic rings. The van der Waals surface area contributed by atoms with Crippen LogP contribution in [0.15, 0.2) is 30.3 Å². The van der Waals surface area contributed by atoms with Crippen LogP contribution in [0.25, 0.3) is 0 Å². The number of amides is 1. The van der Waals surface area contributed by atoms with Gasteiger partial charge in [0.2, 0.25) is 0 Å². The molecule has 0 saturated carbocycles. The normalized spacial score (nSPS) is 14.2. The summed E-state index contributed by atoms with van der Waals surface area (Å²) in [6.45, 7) is 9.75. The van der Waals surface area contributed by atoms with Gasteiger partial charge in [-0.05, 0) is 18.9 Å². The molecule has 0 heterocycles. The summed E-state index contributed by atoms with van der Waals surface area (Å²) >= 11 is 0. The van der Waals surface area contributed by atoms with Crippen LogP contribution < -0.4 is 11.1 Å². The lowest BCUT2D eigenvalue weighted by Gasteiger charge is -2.30. The van der Waals surface area contributed by atoms with Gasteiger partial charge >= 0.3 is 6.09 Å². The maximum atomic E-state index is 12.0. The van der Waals surface area contributed by atoms with E-state index in [1.807, 2.05) is 37.3 Å². The van der Waals surface area contributed by atoms with Gasteiger partial charge in [0.1, 0.15) is 6.61 Å². The zero-order valence-corrected chi connectivity index (χ0v) is 15.3. The minimum atomic E-state index is -1.05. The van der Waals surface area contributed by atoms with E-state index in [1.165, 1.54) is 6.04 Å². The van der Waals surface area contributed by atoms with Crippen molar-refractivity contribution >= 4 is 14.2 Å². The Morgan fingerprint density at radius 3 is 2.45 bits per heavy atom. The molecule has 0 saturated heterocycles. The first-order valence-electron chi connectivity index (χ1n) is 7.93. The number of hydrogen-bond acceptors (Lipinski definition) is 3. The molecular formula is C17H30N2O2Si. The first-order chi connectivity index (χ1) is 10.2. The molecule has 0 aliphatic heterocycles. The van der Waals surface area contributed by atoms with Gasteiger partial charge in [-0.3, -0.25) is 0 Å². The summed E-state index contributed by atoms with van der Waals surface area (Å²) < 4.78 is 5.28. The average molecular weight is 323 g/mol. The van der Waals surface area contributed by atoms with E-state index in [4.69, 9.17) is 10.5 Å². The van der Waals surface area contributed by atoms with E-state index in [1.54, 1.807) is 0 Å². The number of nitrogens with two attached hydrogens (primary N) is 1. The van der Waals surface area contributed by atoms with Gasteiger partial charge in [-0.15, -0.1) is 0 Å². The molecule has 22 heavy (non-hydrogen) atoms. The van der Waals surface area contributed by atoms with Gasteiger partial charge in [-0.1, -0.05) is 62.4 Å². The Hall–Kier alpha value is -1.33. The third-order valence-corrected chi connectivity index (χ3v) is 5.58. The van der Waals surface area contributed by atoms with Gasteiger partial charge < -0.3 is 15.8 Å². The summed E-state index contributed by atoms with van der Waals surface area (Å²) in [7, 11) is -1.05. The van der Waals surface area contributed by atoms with Crippen LogP contribution in [0.3, 0.4) is 0 Å². The van der Waals surface area contributed by atoms with E-state index in [-0.39, 0.29) is 6.61 Å². The van der Waals surface area contributed by atoms with Crippen molar-refractivity contribution in [1.82, 2.24) is 5.32 Å². The quantitative estimate of drug-likeness (QED) is 0.716. The maximum absolute atomic E-state index is 12.0. The van der Waals surface area contributed by atoms with Crippen molar-refractivity contribution in [3.8, 4) is 0 Å². The summed E-state index contributed by atoms with van der Waals surface area (Å²) in [5.41, 5.74) is 6.44. The second kappa shape index (κ2) is 8.34. The molecule has 1 amide bonds. The van der Waals surface area contributed by atoms with E-state index in [2.05, 4.69) is 25.0 Å². The molecule has 0 radical (unpaired) electrons. The van der Waals surface area contributed by atoms with Gasteiger partial charge in [0.25, 0.3) is 0 Å². The highest BCUT2D eigenvalue weighted by Gasteiger charge is 2.26. The van der Waals surface area contributed by atoms with Crippen LogP contribution in [0.2, 0.25) is 25.7 Å². The van der Waals surface area contributed by atoms with Crippen LogP contribution in [0, 0.1) is 0 Å². The molecule has 0 spiro atoms. The summed E-state index contributed by atoms with van der Waals surface area (Å²) in [6, 6.07) is 10.9. The van der Waals surface area contributed by atoms with Gasteiger partial charge in [0.15, 0.2) is 0 Å². The average Bonchev–Trinajstić information content (AvgIpc) is 2.45. The van der Waals surface area contributed by atoms with Crippen LogP contribution in [0.1, 0.15) is 25.3 Å². The molecule has 0 aliphatic carbocycles. The van der Waals surface area contributed by atoms with E-state index in [0.717, 1.165) is 18.4 Å². The van der Waals surface area contributed by atoms with Crippen molar-refractivity contribution < 1.29 is 9.53 Å². The molecule has 1 aromatic carbocycles. The highest BCUT2D eigenvalue weighted by Crippen LogP contribution is 2.19. The minimum absolute atomic E-state index is 0.280. The Labute approximate surface area is 135 Å². The first kappa shape index (κ1) is 18.7. The maximum Gasteiger partial charge on any atom is 0.407 e. The van der Waals surface area contributed by atoms with Crippen LogP contribution >= 0.6 is 0 Å². The van der Waals surface area contributed by atoms with Crippen LogP contribution in [0.4, 0.5) is 4.79 Å². The fourth-order valence-electron chi connectivity index (χ4n) is 2.23. The predicted molar refractivity (Wildman–Crippen MR) is 94.6 cm³/mol. The number of rotatable bonds is 8. The second-order valence-electron chi connectivity index (χ2n) is 7.37. The molecule has 0 fully saturated rings. The molecule has 0 aromatic heterocycles. The van der Waals surface area contributed by atoms with Crippen molar-refractivity contribution in [3.63, 3.8) is 0 Å². The molecule has 0 bridgehead atoms. The van der Waals surface area contributed by atoms with E-state index >= 15 is 0 Å². The smallest absolute Gasteiger partial charge is 0.407 e. The number of carbonyl (C=O) groups excluding carboxylic acids is 1. The molecule has 5 heteroatoms. The predicted octanol–water partition coefficient (Wildman–Crippen LogP) is 3.75. The Bertz CT molecular complexity index is 459. The topological polar surface area (TPSA) is 64.3 Å². The van der Waals surface area contributed by atoms with Crippen molar-refractivity contribution in [1.29, 1.82) is 0 Å². The van der Waals surface area contributed by atoms with Crippen LogP contribution in [0.5, 0.6) is 0 Å². The number of nitrogens with one attached hydrogen (secondary N) is 1. The molecule has 1 rings (SSSR count). The van der Waals surface area contributed by atoms with Crippen molar-refractivity contribution in [2.75, 3.05) is 6.54 Å². The Morgan fingerprint density at radius 1 is 1.27 bits per heavy atom. The van der Waals surface area contributed by atoms with Gasteiger partial charge in [-0.25, -0.2) is 4.79 Å². The molecule has 3 N–H and O–H groups in total. The van der Waals surface area contributed by atoms with Crippen molar-refractivity contribution in [2.24, 2.45) is 5.73 Å². The zero-order chi connectivity index (χ0) is 16.6. The minimum Gasteiger partial charge on any atom is -0.445 e. The third kappa shape index (κ3) is 7.61. The van der Waals surface area contributed by atoms with Gasteiger partial charge in [0, 0.05) is 14.6 Å². The second-order valence-corrected chi connectivity index (χ2v) is 13.0. The third-order valence-electron chi connectivity index (χ3n) is 3.72. The van der Waals surface area contributed by atoms with Gasteiger partial charge in [-0.2, -0.15) is 0 Å². The lowest BCUT2D eigenvalue weighted by molar-refractivity contribution is 0.127.